The fourth-order valence-corrected chi connectivity index (χ4v) is 1.95. The number of aliphatic hydroxyl groups is 1. The van der Waals surface area contributed by atoms with Gasteiger partial charge in [-0.25, -0.2) is 0 Å². The largest absolute Gasteiger partial charge is 0.497 e. The summed E-state index contributed by atoms with van der Waals surface area (Å²) in [6.45, 7) is 3.76. The maximum absolute atomic E-state index is 12.2. The van der Waals surface area contributed by atoms with Gasteiger partial charge in [-0.3, -0.25) is 9.89 Å². The smallest absolute Gasteiger partial charge is 0.269 e. The summed E-state index contributed by atoms with van der Waals surface area (Å²) in [6, 6.07) is 9.04. The van der Waals surface area contributed by atoms with E-state index in [9.17, 15) is 4.79 Å². The Morgan fingerprint density at radius 1 is 1.41 bits per heavy atom. The number of nitrogens with one attached hydrogen (secondary N) is 2. The van der Waals surface area contributed by atoms with Crippen LogP contribution >= 0.6 is 0 Å². The summed E-state index contributed by atoms with van der Waals surface area (Å²) in [5.41, 5.74) is 1.92. The predicted octanol–water partition coefficient (Wildman–Crippen LogP) is 1.83. The number of hydrogen-bond donors (Lipinski definition) is 3. The van der Waals surface area contributed by atoms with Gasteiger partial charge >= 0.3 is 0 Å². The third-order valence-corrected chi connectivity index (χ3v) is 3.69. The average Bonchev–Trinajstić information content (AvgIpc) is 3.04. The van der Waals surface area contributed by atoms with Gasteiger partial charge < -0.3 is 15.2 Å². The Balaban J connectivity index is 2.12. The van der Waals surface area contributed by atoms with Crippen molar-refractivity contribution in [2.45, 2.75) is 19.9 Å². The number of aromatic amines is 1. The maximum atomic E-state index is 12.2. The SMILES string of the molecule is COc1cccc(-c2cc(C(=O)NC(C)C(C)CO)[nH]n2)c1. The molecule has 1 amide bonds. The second-order valence-electron chi connectivity index (χ2n) is 5.32. The van der Waals surface area contributed by atoms with E-state index in [-0.39, 0.29) is 24.5 Å². The van der Waals surface area contributed by atoms with Crippen LogP contribution < -0.4 is 10.1 Å². The van der Waals surface area contributed by atoms with E-state index in [4.69, 9.17) is 9.84 Å². The van der Waals surface area contributed by atoms with Gasteiger partial charge in [-0.15, -0.1) is 0 Å². The molecule has 0 saturated carbocycles. The molecule has 1 heterocycles. The van der Waals surface area contributed by atoms with Crippen LogP contribution in [0.3, 0.4) is 0 Å². The number of aromatic nitrogens is 2. The van der Waals surface area contributed by atoms with Gasteiger partial charge in [0, 0.05) is 18.2 Å². The number of rotatable bonds is 6. The van der Waals surface area contributed by atoms with Crippen molar-refractivity contribution < 1.29 is 14.6 Å². The lowest BCUT2D eigenvalue weighted by molar-refractivity contribution is 0.0911. The zero-order valence-corrected chi connectivity index (χ0v) is 13.0. The first-order valence-corrected chi connectivity index (χ1v) is 7.16. The Morgan fingerprint density at radius 2 is 2.18 bits per heavy atom. The number of aliphatic hydroxyl groups excluding tert-OH is 1. The Morgan fingerprint density at radius 3 is 2.86 bits per heavy atom. The Bertz CT molecular complexity index is 639. The minimum Gasteiger partial charge on any atom is -0.497 e. The summed E-state index contributed by atoms with van der Waals surface area (Å²) in [5.74, 6) is 0.482. The predicted molar refractivity (Wildman–Crippen MR) is 83.8 cm³/mol. The number of hydrogen-bond acceptors (Lipinski definition) is 4. The summed E-state index contributed by atoms with van der Waals surface area (Å²) in [6.07, 6.45) is 0. The molecule has 3 N–H and O–H groups in total. The molecule has 2 atom stereocenters. The van der Waals surface area contributed by atoms with Gasteiger partial charge in [0.1, 0.15) is 11.4 Å². The molecule has 0 aliphatic heterocycles. The zero-order chi connectivity index (χ0) is 16.1. The van der Waals surface area contributed by atoms with Crippen LogP contribution in [0.1, 0.15) is 24.3 Å². The van der Waals surface area contributed by atoms with E-state index in [1.165, 1.54) is 0 Å². The Labute approximate surface area is 129 Å². The Hall–Kier alpha value is -2.34. The van der Waals surface area contributed by atoms with Gasteiger partial charge in [-0.2, -0.15) is 5.10 Å². The number of benzene rings is 1. The molecule has 22 heavy (non-hydrogen) atoms. The molecule has 6 heteroatoms. The van der Waals surface area contributed by atoms with Crippen molar-refractivity contribution in [1.82, 2.24) is 15.5 Å². The molecule has 0 fully saturated rings. The molecule has 0 aliphatic carbocycles. The molecule has 0 spiro atoms. The second-order valence-corrected chi connectivity index (χ2v) is 5.32. The van der Waals surface area contributed by atoms with Crippen LogP contribution in [0.4, 0.5) is 0 Å². The molecule has 2 unspecified atom stereocenters. The quantitative estimate of drug-likeness (QED) is 0.760. The van der Waals surface area contributed by atoms with Crippen molar-refractivity contribution in [2.75, 3.05) is 13.7 Å². The second kappa shape index (κ2) is 7.09. The number of methoxy groups -OCH3 is 1. The fourth-order valence-electron chi connectivity index (χ4n) is 1.95. The van der Waals surface area contributed by atoms with Crippen molar-refractivity contribution in [2.24, 2.45) is 5.92 Å². The number of ether oxygens (including phenoxy) is 1. The van der Waals surface area contributed by atoms with Gasteiger partial charge in [-0.1, -0.05) is 19.1 Å². The minimum atomic E-state index is -0.241. The number of carbonyl (C=O) groups is 1. The van der Waals surface area contributed by atoms with E-state index in [0.717, 1.165) is 11.3 Å². The third kappa shape index (κ3) is 3.65. The van der Waals surface area contributed by atoms with Gasteiger partial charge in [0.2, 0.25) is 0 Å². The lowest BCUT2D eigenvalue weighted by Crippen LogP contribution is -2.38. The van der Waals surface area contributed by atoms with E-state index in [1.807, 2.05) is 38.1 Å². The number of H-pyrrole nitrogens is 1. The standard InChI is InChI=1S/C16H21N3O3/c1-10(9-20)11(2)17-16(21)15-8-14(18-19-15)12-5-4-6-13(7-12)22-3/h4-8,10-11,20H,9H2,1-3H3,(H,17,21)(H,18,19). The molecule has 1 aromatic carbocycles. The van der Waals surface area contributed by atoms with Crippen LogP contribution in [-0.2, 0) is 0 Å². The number of nitrogens with zero attached hydrogens (tertiary/aromatic N) is 1. The molecule has 118 valence electrons. The molecule has 0 saturated heterocycles. The van der Waals surface area contributed by atoms with Crippen molar-refractivity contribution in [3.8, 4) is 17.0 Å². The molecular formula is C16H21N3O3. The van der Waals surface area contributed by atoms with Crippen molar-refractivity contribution in [3.63, 3.8) is 0 Å². The molecular weight excluding hydrogens is 282 g/mol. The monoisotopic (exact) mass is 303 g/mol. The van der Waals surface area contributed by atoms with E-state index in [0.29, 0.717) is 11.4 Å². The van der Waals surface area contributed by atoms with Gasteiger partial charge in [0.15, 0.2) is 0 Å². The number of carbonyl (C=O) groups excluding carboxylic acids is 1. The summed E-state index contributed by atoms with van der Waals surface area (Å²) in [7, 11) is 1.60. The summed E-state index contributed by atoms with van der Waals surface area (Å²) < 4.78 is 5.18. The molecule has 2 aromatic rings. The number of amides is 1. The highest BCUT2D eigenvalue weighted by atomic mass is 16.5. The van der Waals surface area contributed by atoms with E-state index in [2.05, 4.69) is 15.5 Å². The van der Waals surface area contributed by atoms with E-state index in [1.54, 1.807) is 13.2 Å². The molecule has 2 rings (SSSR count). The highest BCUT2D eigenvalue weighted by Crippen LogP contribution is 2.22. The lowest BCUT2D eigenvalue weighted by Gasteiger charge is -2.18. The van der Waals surface area contributed by atoms with Crippen molar-refractivity contribution in [1.29, 1.82) is 0 Å². The minimum absolute atomic E-state index is 0.00951. The topological polar surface area (TPSA) is 87.2 Å². The Kier molecular flexibility index (Phi) is 5.16. The summed E-state index contributed by atoms with van der Waals surface area (Å²) in [5, 5.41) is 18.8. The first kappa shape index (κ1) is 16.0. The molecule has 0 aliphatic rings. The normalized spacial score (nSPS) is 13.5. The first-order valence-electron chi connectivity index (χ1n) is 7.16. The first-order chi connectivity index (χ1) is 10.5. The van der Waals surface area contributed by atoms with Gasteiger partial charge in [-0.05, 0) is 31.0 Å². The van der Waals surface area contributed by atoms with Crippen molar-refractivity contribution >= 4 is 5.91 Å². The van der Waals surface area contributed by atoms with E-state index < -0.39 is 0 Å². The molecule has 6 nitrogen and oxygen atoms in total. The highest BCUT2D eigenvalue weighted by Gasteiger charge is 2.17. The summed E-state index contributed by atoms with van der Waals surface area (Å²) in [4.78, 5) is 12.2. The van der Waals surface area contributed by atoms with Gasteiger partial charge in [0.25, 0.3) is 5.91 Å². The zero-order valence-electron chi connectivity index (χ0n) is 13.0. The van der Waals surface area contributed by atoms with Crippen molar-refractivity contribution in [3.05, 3.63) is 36.0 Å². The van der Waals surface area contributed by atoms with Crippen LogP contribution in [0.25, 0.3) is 11.3 Å². The lowest BCUT2D eigenvalue weighted by atomic mass is 10.1. The third-order valence-electron chi connectivity index (χ3n) is 3.69. The molecule has 0 radical (unpaired) electrons. The average molecular weight is 303 g/mol. The maximum Gasteiger partial charge on any atom is 0.269 e. The molecule has 0 bridgehead atoms. The van der Waals surface area contributed by atoms with E-state index >= 15 is 0 Å². The van der Waals surface area contributed by atoms with Crippen LogP contribution in [-0.4, -0.2) is 41.0 Å². The van der Waals surface area contributed by atoms with Crippen LogP contribution in [0.15, 0.2) is 30.3 Å². The highest BCUT2D eigenvalue weighted by molar-refractivity contribution is 5.93. The van der Waals surface area contributed by atoms with Crippen LogP contribution in [0, 0.1) is 5.92 Å². The molecule has 1 aromatic heterocycles. The fraction of sp³-hybridized carbons (Fsp3) is 0.375. The summed E-state index contributed by atoms with van der Waals surface area (Å²) >= 11 is 0. The van der Waals surface area contributed by atoms with Gasteiger partial charge in [0.05, 0.1) is 12.8 Å². The van der Waals surface area contributed by atoms with Crippen LogP contribution in [0.5, 0.6) is 5.75 Å². The van der Waals surface area contributed by atoms with Crippen LogP contribution in [0.2, 0.25) is 0 Å².